The van der Waals surface area contributed by atoms with Crippen LogP contribution in [0.15, 0.2) is 35.3 Å². The summed E-state index contributed by atoms with van der Waals surface area (Å²) in [5, 5.41) is 4.95. The minimum absolute atomic E-state index is 0.160. The van der Waals surface area contributed by atoms with Crippen molar-refractivity contribution in [1.29, 1.82) is 0 Å². The highest BCUT2D eigenvalue weighted by atomic mass is 16.5. The Balaban J connectivity index is 0.000000948. The van der Waals surface area contributed by atoms with Crippen LogP contribution in [-0.4, -0.2) is 19.7 Å². The molecule has 1 N–H and O–H groups in total. The number of benzene rings is 1. The number of aromatic nitrogens is 4. The average molecular weight is 354 g/mol. The van der Waals surface area contributed by atoms with Gasteiger partial charge in [-0.2, -0.15) is 5.10 Å². The summed E-state index contributed by atoms with van der Waals surface area (Å²) in [6.45, 7) is 6.22. The van der Waals surface area contributed by atoms with Crippen LogP contribution in [0.3, 0.4) is 0 Å². The number of para-hydroxylation sites is 1. The zero-order valence-corrected chi connectivity index (χ0v) is 15.7. The number of fused-ring (bicyclic) bond motifs is 1. The lowest BCUT2D eigenvalue weighted by Gasteiger charge is -2.11. The third kappa shape index (κ3) is 3.64. The van der Waals surface area contributed by atoms with E-state index in [-0.39, 0.29) is 12.2 Å². The maximum Gasteiger partial charge on any atom is 0.262 e. The van der Waals surface area contributed by atoms with Gasteiger partial charge in [-0.1, -0.05) is 44.9 Å². The van der Waals surface area contributed by atoms with Crippen LogP contribution in [0.4, 0.5) is 0 Å². The van der Waals surface area contributed by atoms with E-state index in [0.29, 0.717) is 22.9 Å². The molecule has 0 spiro atoms. The van der Waals surface area contributed by atoms with Gasteiger partial charge < -0.3 is 9.72 Å². The fourth-order valence-electron chi connectivity index (χ4n) is 3.33. The molecule has 1 fully saturated rings. The topological polar surface area (TPSA) is 72.8 Å². The van der Waals surface area contributed by atoms with E-state index in [1.807, 2.05) is 49.7 Å². The molecule has 1 saturated carbocycles. The molecule has 1 aromatic carbocycles. The van der Waals surface area contributed by atoms with Gasteiger partial charge in [0.15, 0.2) is 5.65 Å². The van der Waals surface area contributed by atoms with Crippen LogP contribution in [-0.2, 0) is 6.61 Å². The third-order valence-corrected chi connectivity index (χ3v) is 4.64. The number of nitrogens with zero attached hydrogens (tertiary/aromatic N) is 3. The highest BCUT2D eigenvalue weighted by molar-refractivity contribution is 5.73. The molecule has 1 aliphatic carbocycles. The molecule has 3 aromatic rings. The molecule has 4 rings (SSSR count). The first-order valence-corrected chi connectivity index (χ1v) is 9.37. The molecular weight excluding hydrogens is 328 g/mol. The van der Waals surface area contributed by atoms with Crippen molar-refractivity contribution in [3.63, 3.8) is 0 Å². The SMILES string of the molecule is CC.Cc1ccccc1OCc1nc2c(cnn2C2CCCC2)c(=O)[nH]1. The van der Waals surface area contributed by atoms with Crippen LogP contribution in [0, 0.1) is 6.92 Å². The maximum absolute atomic E-state index is 12.3. The molecule has 138 valence electrons. The second-order valence-corrected chi connectivity index (χ2v) is 6.33. The molecule has 2 heterocycles. The van der Waals surface area contributed by atoms with Crippen molar-refractivity contribution in [2.45, 2.75) is 59.1 Å². The third-order valence-electron chi connectivity index (χ3n) is 4.64. The molecular formula is C20H26N4O2. The summed E-state index contributed by atoms with van der Waals surface area (Å²) in [6.07, 6.45) is 6.23. The summed E-state index contributed by atoms with van der Waals surface area (Å²) in [6, 6.07) is 8.14. The van der Waals surface area contributed by atoms with Gasteiger partial charge in [0.05, 0.1) is 12.2 Å². The number of aromatic amines is 1. The van der Waals surface area contributed by atoms with Crippen molar-refractivity contribution in [2.24, 2.45) is 0 Å². The second kappa shape index (κ2) is 8.17. The second-order valence-electron chi connectivity index (χ2n) is 6.33. The van der Waals surface area contributed by atoms with Crippen molar-refractivity contribution in [3.8, 4) is 5.75 Å². The molecule has 1 aliphatic rings. The fraction of sp³-hybridized carbons (Fsp3) is 0.450. The van der Waals surface area contributed by atoms with Crippen LogP contribution in [0.1, 0.15) is 57.0 Å². The highest BCUT2D eigenvalue weighted by Crippen LogP contribution is 2.30. The zero-order chi connectivity index (χ0) is 18.5. The van der Waals surface area contributed by atoms with E-state index in [2.05, 4.69) is 15.1 Å². The van der Waals surface area contributed by atoms with Gasteiger partial charge in [-0.05, 0) is 31.4 Å². The van der Waals surface area contributed by atoms with Gasteiger partial charge in [-0.15, -0.1) is 0 Å². The van der Waals surface area contributed by atoms with E-state index in [1.54, 1.807) is 6.20 Å². The van der Waals surface area contributed by atoms with Gasteiger partial charge in [0.1, 0.15) is 23.6 Å². The van der Waals surface area contributed by atoms with Crippen LogP contribution in [0.2, 0.25) is 0 Å². The average Bonchev–Trinajstić information content (AvgIpc) is 3.32. The first-order chi connectivity index (χ1) is 12.7. The van der Waals surface area contributed by atoms with E-state index >= 15 is 0 Å². The Hall–Kier alpha value is -2.63. The maximum atomic E-state index is 12.3. The molecule has 2 aromatic heterocycles. The lowest BCUT2D eigenvalue weighted by molar-refractivity contribution is 0.293. The van der Waals surface area contributed by atoms with Gasteiger partial charge in [0.25, 0.3) is 5.56 Å². The predicted molar refractivity (Wildman–Crippen MR) is 103 cm³/mol. The van der Waals surface area contributed by atoms with E-state index in [1.165, 1.54) is 12.8 Å². The minimum Gasteiger partial charge on any atom is -0.485 e. The van der Waals surface area contributed by atoms with Crippen LogP contribution < -0.4 is 10.3 Å². The standard InChI is InChI=1S/C18H20N4O2.C2H6/c1-12-6-2-5-9-15(12)24-11-16-20-17-14(18(23)21-16)10-19-22(17)13-7-3-4-8-13;1-2/h2,5-6,9-10,13H,3-4,7-8,11H2,1H3,(H,20,21,23);1-2H3. The number of H-pyrrole nitrogens is 1. The van der Waals surface area contributed by atoms with Gasteiger partial charge >= 0.3 is 0 Å². The Labute approximate surface area is 153 Å². The van der Waals surface area contributed by atoms with E-state index in [9.17, 15) is 4.79 Å². The van der Waals surface area contributed by atoms with Crippen LogP contribution >= 0.6 is 0 Å². The molecule has 0 bridgehead atoms. The van der Waals surface area contributed by atoms with Crippen molar-refractivity contribution in [1.82, 2.24) is 19.7 Å². The molecule has 0 amide bonds. The van der Waals surface area contributed by atoms with Crippen LogP contribution in [0.25, 0.3) is 11.0 Å². The molecule has 6 nitrogen and oxygen atoms in total. The van der Waals surface area contributed by atoms with Gasteiger partial charge in [0.2, 0.25) is 0 Å². The number of nitrogens with one attached hydrogen (secondary N) is 1. The summed E-state index contributed by atoms with van der Waals surface area (Å²) >= 11 is 0. The summed E-state index contributed by atoms with van der Waals surface area (Å²) in [5.74, 6) is 1.32. The largest absolute Gasteiger partial charge is 0.485 e. The smallest absolute Gasteiger partial charge is 0.262 e. The van der Waals surface area contributed by atoms with Crippen molar-refractivity contribution in [3.05, 3.63) is 52.2 Å². The van der Waals surface area contributed by atoms with Gasteiger partial charge in [0, 0.05) is 0 Å². The quantitative estimate of drug-likeness (QED) is 0.764. The number of hydrogen-bond donors (Lipinski definition) is 1. The monoisotopic (exact) mass is 354 g/mol. The molecule has 0 radical (unpaired) electrons. The molecule has 0 atom stereocenters. The summed E-state index contributed by atoms with van der Waals surface area (Å²) in [4.78, 5) is 19.7. The molecule has 6 heteroatoms. The van der Waals surface area contributed by atoms with E-state index in [4.69, 9.17) is 4.74 Å². The zero-order valence-electron chi connectivity index (χ0n) is 15.7. The van der Waals surface area contributed by atoms with Crippen molar-refractivity contribution < 1.29 is 4.74 Å². The lowest BCUT2D eigenvalue weighted by Crippen LogP contribution is -2.15. The number of hydrogen-bond acceptors (Lipinski definition) is 4. The van der Waals surface area contributed by atoms with E-state index < -0.39 is 0 Å². The molecule has 0 aliphatic heterocycles. The van der Waals surface area contributed by atoms with Crippen molar-refractivity contribution in [2.75, 3.05) is 0 Å². The molecule has 26 heavy (non-hydrogen) atoms. The highest BCUT2D eigenvalue weighted by Gasteiger charge is 2.21. The Morgan fingerprint density at radius 3 is 2.69 bits per heavy atom. The van der Waals surface area contributed by atoms with Crippen LogP contribution in [0.5, 0.6) is 5.75 Å². The number of aryl methyl sites for hydroxylation is 1. The fourth-order valence-corrected chi connectivity index (χ4v) is 3.33. The first-order valence-electron chi connectivity index (χ1n) is 9.37. The number of ether oxygens (including phenoxy) is 1. The number of rotatable bonds is 4. The Kier molecular flexibility index (Phi) is 5.71. The summed E-state index contributed by atoms with van der Waals surface area (Å²) in [5.41, 5.74) is 1.55. The lowest BCUT2D eigenvalue weighted by atomic mass is 10.2. The van der Waals surface area contributed by atoms with Crippen molar-refractivity contribution >= 4 is 11.0 Å². The Bertz CT molecular complexity index is 923. The Morgan fingerprint density at radius 1 is 1.23 bits per heavy atom. The summed E-state index contributed by atoms with van der Waals surface area (Å²) in [7, 11) is 0. The normalized spacial score (nSPS) is 14.3. The molecule has 0 saturated heterocycles. The molecule has 0 unspecified atom stereocenters. The van der Waals surface area contributed by atoms with E-state index in [0.717, 1.165) is 24.2 Å². The first kappa shape index (κ1) is 18.2. The van der Waals surface area contributed by atoms with Gasteiger partial charge in [-0.25, -0.2) is 9.67 Å². The minimum atomic E-state index is -0.160. The predicted octanol–water partition coefficient (Wildman–Crippen LogP) is 4.15. The Morgan fingerprint density at radius 2 is 1.96 bits per heavy atom. The summed E-state index contributed by atoms with van der Waals surface area (Å²) < 4.78 is 7.72. The van der Waals surface area contributed by atoms with Gasteiger partial charge in [-0.3, -0.25) is 4.79 Å².